The highest BCUT2D eigenvalue weighted by Gasteiger charge is 2.69. The highest BCUT2D eigenvalue weighted by molar-refractivity contribution is 6.31. The summed E-state index contributed by atoms with van der Waals surface area (Å²) >= 11 is 12.8. The summed E-state index contributed by atoms with van der Waals surface area (Å²) in [5.74, 6) is -0.949. The first-order valence-electron chi connectivity index (χ1n) is 15.5. The second kappa shape index (κ2) is 9.52. The molecule has 3 aromatic carbocycles. The fourth-order valence-electron chi connectivity index (χ4n) is 8.36. The van der Waals surface area contributed by atoms with Gasteiger partial charge in [-0.1, -0.05) is 53.9 Å². The number of amides is 2. The van der Waals surface area contributed by atoms with Gasteiger partial charge in [-0.15, -0.1) is 0 Å². The third-order valence-corrected chi connectivity index (χ3v) is 11.2. The third-order valence-electron chi connectivity index (χ3n) is 10.7. The summed E-state index contributed by atoms with van der Waals surface area (Å²) < 4.78 is 18.3. The molecule has 2 saturated carbocycles. The average Bonchev–Trinajstić information content (AvgIpc) is 3.40. The molecule has 3 aliphatic heterocycles. The number of carbonyl (C=O) groups is 2. The van der Waals surface area contributed by atoms with Crippen molar-refractivity contribution < 1.29 is 14.0 Å². The molecule has 3 fully saturated rings. The highest BCUT2D eigenvalue weighted by Crippen LogP contribution is 2.64. The van der Waals surface area contributed by atoms with Crippen LogP contribution in [0.5, 0.6) is 0 Å². The number of carbonyl (C=O) groups excluding carboxylic acids is 2. The maximum absolute atomic E-state index is 16.2. The molecule has 224 valence electrons. The van der Waals surface area contributed by atoms with Gasteiger partial charge >= 0.3 is 0 Å². The fraction of sp³-hybridized carbons (Fsp3) is 0.382. The van der Waals surface area contributed by atoms with Gasteiger partial charge in [-0.2, -0.15) is 5.10 Å². The van der Waals surface area contributed by atoms with E-state index in [-0.39, 0.29) is 35.0 Å². The van der Waals surface area contributed by atoms with E-state index in [2.05, 4.69) is 15.5 Å². The van der Waals surface area contributed by atoms with Crippen LogP contribution >= 0.6 is 23.2 Å². The Morgan fingerprint density at radius 3 is 2.70 bits per heavy atom. The van der Waals surface area contributed by atoms with Gasteiger partial charge < -0.3 is 10.6 Å². The average molecular weight is 631 g/mol. The van der Waals surface area contributed by atoms with Crippen LogP contribution in [0.15, 0.2) is 54.6 Å². The zero-order valence-corrected chi connectivity index (χ0v) is 25.3. The lowest BCUT2D eigenvalue weighted by atomic mass is 9.73. The second-order valence-corrected chi connectivity index (χ2v) is 14.0. The number of nitrogens with one attached hydrogen (secondary N) is 2. The molecular weight excluding hydrogens is 600 g/mol. The lowest BCUT2D eigenvalue weighted by Crippen LogP contribution is -2.54. The van der Waals surface area contributed by atoms with Crippen molar-refractivity contribution in [1.29, 1.82) is 0 Å². The highest BCUT2D eigenvalue weighted by atomic mass is 35.5. The first-order chi connectivity index (χ1) is 21.3. The molecule has 4 heterocycles. The van der Waals surface area contributed by atoms with Gasteiger partial charge in [0.2, 0.25) is 5.91 Å². The van der Waals surface area contributed by atoms with Crippen LogP contribution in [0.1, 0.15) is 71.2 Å². The molecule has 0 bridgehead atoms. The molecule has 9 rings (SSSR count). The Morgan fingerprint density at radius 1 is 1.09 bits per heavy atom. The van der Waals surface area contributed by atoms with E-state index in [0.717, 1.165) is 54.4 Å². The van der Waals surface area contributed by atoms with Crippen LogP contribution in [0, 0.1) is 11.7 Å². The largest absolute Gasteiger partial charge is 0.349 e. The van der Waals surface area contributed by atoms with Crippen molar-refractivity contribution in [2.45, 2.75) is 68.1 Å². The van der Waals surface area contributed by atoms with E-state index in [1.807, 2.05) is 35.0 Å². The van der Waals surface area contributed by atoms with Gasteiger partial charge in [0, 0.05) is 63.9 Å². The molecule has 2 aliphatic carbocycles. The van der Waals surface area contributed by atoms with E-state index in [1.54, 1.807) is 24.3 Å². The lowest BCUT2D eigenvalue weighted by Gasteiger charge is -2.43. The van der Waals surface area contributed by atoms with Crippen molar-refractivity contribution in [2.24, 2.45) is 5.92 Å². The summed E-state index contributed by atoms with van der Waals surface area (Å²) in [4.78, 5) is 29.8. The fourth-order valence-corrected chi connectivity index (χ4v) is 8.72. The van der Waals surface area contributed by atoms with Crippen LogP contribution in [0.4, 0.5) is 10.1 Å². The van der Waals surface area contributed by atoms with Crippen LogP contribution in [-0.4, -0.2) is 45.1 Å². The number of likely N-dealkylation sites (tertiary alicyclic amines) is 1. The van der Waals surface area contributed by atoms with Gasteiger partial charge in [0.05, 0.1) is 16.6 Å². The monoisotopic (exact) mass is 629 g/mol. The predicted octanol–water partition coefficient (Wildman–Crippen LogP) is 6.59. The summed E-state index contributed by atoms with van der Waals surface area (Å²) in [6.45, 7) is 0.726. The molecule has 0 radical (unpaired) electrons. The molecule has 7 nitrogen and oxygen atoms in total. The number of aromatic nitrogens is 2. The molecular formula is C34H30Cl2FN5O2. The summed E-state index contributed by atoms with van der Waals surface area (Å²) in [6, 6.07) is 16.1. The van der Waals surface area contributed by atoms with Gasteiger partial charge in [-0.25, -0.2) is 4.39 Å². The molecule has 1 saturated heterocycles. The van der Waals surface area contributed by atoms with Crippen molar-refractivity contribution in [1.82, 2.24) is 20.0 Å². The Kier molecular flexibility index (Phi) is 5.82. The molecule has 4 atom stereocenters. The normalized spacial score (nSPS) is 27.3. The number of rotatable bonds is 5. The van der Waals surface area contributed by atoms with Gasteiger partial charge in [0.25, 0.3) is 5.91 Å². The zero-order valence-electron chi connectivity index (χ0n) is 23.8. The number of nitrogens with zero attached hydrogens (tertiary/aromatic N) is 3. The molecule has 0 unspecified atom stereocenters. The maximum Gasteiger partial charge on any atom is 0.251 e. The Balaban J connectivity index is 1.26. The van der Waals surface area contributed by atoms with E-state index in [1.165, 1.54) is 6.42 Å². The van der Waals surface area contributed by atoms with Crippen LogP contribution in [-0.2, 0) is 16.8 Å². The number of anilines is 1. The first kappa shape index (κ1) is 26.9. The second-order valence-electron chi connectivity index (χ2n) is 13.1. The Labute approximate surface area is 263 Å². The Morgan fingerprint density at radius 2 is 1.93 bits per heavy atom. The lowest BCUT2D eigenvalue weighted by molar-refractivity contribution is -0.128. The first-order valence-corrected chi connectivity index (χ1v) is 16.2. The SMILES string of the molecule is O=C(NC1CC1)c1ccc2c3n(nc2c1)[C@@H]1[C@H](C3)N(CC2CCC2)[C@@]2(C(=O)Nc3cc(Cl)ccc32)[C@H]1c1cccc(Cl)c1F. The minimum atomic E-state index is -1.18. The van der Waals surface area contributed by atoms with Crippen LogP contribution in [0.2, 0.25) is 10.0 Å². The molecule has 2 amide bonds. The zero-order chi connectivity index (χ0) is 29.9. The van der Waals surface area contributed by atoms with Gasteiger partial charge in [0.15, 0.2) is 0 Å². The summed E-state index contributed by atoms with van der Waals surface area (Å²) in [5, 5.41) is 12.8. The Hall–Kier alpha value is -3.46. The molecule has 5 aliphatic rings. The molecule has 2 N–H and O–H groups in total. The number of hydrogen-bond donors (Lipinski definition) is 2. The van der Waals surface area contributed by atoms with Crippen molar-refractivity contribution in [2.75, 3.05) is 11.9 Å². The summed E-state index contributed by atoms with van der Waals surface area (Å²) in [5.41, 5.74) is 3.03. The summed E-state index contributed by atoms with van der Waals surface area (Å²) in [7, 11) is 0. The number of halogens is 3. The van der Waals surface area contributed by atoms with Crippen LogP contribution in [0.3, 0.4) is 0 Å². The van der Waals surface area contributed by atoms with E-state index in [9.17, 15) is 9.59 Å². The standard InChI is InChI=1S/C34H30Cl2FN5O2/c35-19-8-12-23-26(14-19)39-33(44)34(23)29(22-5-2-6-24(36)30(22)37)31-28(41(34)16-17-3-1-4-17)15-27-21-11-7-18(13-25(21)40-42(27)31)32(43)38-20-9-10-20/h2,5-8,11-14,17,20,28-29,31H,1,3-4,9-10,15-16H2,(H,38,43)(H,39,44)/t28-,29-,31+,34+/m0/s1. The minimum absolute atomic E-state index is 0.0246. The number of fused-ring (bicyclic) bond motifs is 7. The van der Waals surface area contributed by atoms with Crippen molar-refractivity contribution in [3.63, 3.8) is 0 Å². The van der Waals surface area contributed by atoms with E-state index >= 15 is 4.39 Å². The van der Waals surface area contributed by atoms with Gasteiger partial charge in [0.1, 0.15) is 11.4 Å². The molecule has 44 heavy (non-hydrogen) atoms. The van der Waals surface area contributed by atoms with Crippen LogP contribution < -0.4 is 10.6 Å². The maximum atomic E-state index is 16.2. The third kappa shape index (κ3) is 3.68. The van der Waals surface area contributed by atoms with Gasteiger partial charge in [-0.05, 0) is 67.5 Å². The van der Waals surface area contributed by atoms with Crippen LogP contribution in [0.25, 0.3) is 10.9 Å². The molecule has 1 aromatic heterocycles. The molecule has 10 heteroatoms. The number of hydrogen-bond acceptors (Lipinski definition) is 4. The topological polar surface area (TPSA) is 79.3 Å². The van der Waals surface area contributed by atoms with Crippen molar-refractivity contribution in [3.05, 3.63) is 92.8 Å². The quantitative estimate of drug-likeness (QED) is 0.261. The number of benzene rings is 3. The van der Waals surface area contributed by atoms with E-state index in [4.69, 9.17) is 28.3 Å². The van der Waals surface area contributed by atoms with Crippen molar-refractivity contribution in [3.8, 4) is 0 Å². The predicted molar refractivity (Wildman–Crippen MR) is 167 cm³/mol. The minimum Gasteiger partial charge on any atom is -0.349 e. The van der Waals surface area contributed by atoms with E-state index < -0.39 is 17.3 Å². The molecule has 4 aromatic rings. The smallest absolute Gasteiger partial charge is 0.251 e. The Bertz CT molecular complexity index is 1900. The summed E-state index contributed by atoms with van der Waals surface area (Å²) in [6.07, 6.45) is 6.06. The van der Waals surface area contributed by atoms with E-state index in [0.29, 0.717) is 34.2 Å². The molecule has 1 spiro atoms. The van der Waals surface area contributed by atoms with Gasteiger partial charge in [-0.3, -0.25) is 19.2 Å². The van der Waals surface area contributed by atoms with Crippen molar-refractivity contribution >= 4 is 51.6 Å².